The van der Waals surface area contributed by atoms with Crippen molar-refractivity contribution < 1.29 is 36.3 Å². The minimum Gasteiger partial charge on any atom is -0.480 e. The number of alkyl halides is 3. The highest BCUT2D eigenvalue weighted by Gasteiger charge is 2.36. The van der Waals surface area contributed by atoms with Crippen LogP contribution in [0.3, 0.4) is 0 Å². The third kappa shape index (κ3) is 5.20. The lowest BCUT2D eigenvalue weighted by Gasteiger charge is -2.18. The molecule has 1 aromatic carbocycles. The second-order valence-electron chi connectivity index (χ2n) is 5.35. The van der Waals surface area contributed by atoms with Gasteiger partial charge < -0.3 is 10.4 Å². The number of sulfonamides is 1. The van der Waals surface area contributed by atoms with Crippen LogP contribution in [0.2, 0.25) is 0 Å². The fourth-order valence-electron chi connectivity index (χ4n) is 1.36. The number of anilines is 1. The summed E-state index contributed by atoms with van der Waals surface area (Å²) in [5, 5.41) is 11.2. The number of aliphatic carboxylic acids is 1. The Balaban J connectivity index is 2.86. The monoisotopic (exact) mass is 368 g/mol. The van der Waals surface area contributed by atoms with Gasteiger partial charge in [0.1, 0.15) is 12.0 Å². The third-order valence-corrected chi connectivity index (χ3v) is 4.40. The van der Waals surface area contributed by atoms with Crippen LogP contribution in [0.25, 0.3) is 0 Å². The van der Waals surface area contributed by atoms with E-state index in [2.05, 4.69) is 5.32 Å². The largest absolute Gasteiger partial charge is 0.480 e. The molecule has 0 fully saturated rings. The molecule has 0 saturated carbocycles. The highest BCUT2D eigenvalue weighted by Crippen LogP contribution is 2.21. The van der Waals surface area contributed by atoms with Crippen molar-refractivity contribution in [3.63, 3.8) is 0 Å². The van der Waals surface area contributed by atoms with Gasteiger partial charge in [-0.3, -0.25) is 9.59 Å². The van der Waals surface area contributed by atoms with Crippen molar-refractivity contribution in [1.29, 1.82) is 0 Å². The number of carboxylic acid groups (broad SMARTS) is 1. The van der Waals surface area contributed by atoms with Crippen molar-refractivity contribution >= 4 is 27.6 Å². The summed E-state index contributed by atoms with van der Waals surface area (Å²) >= 11 is 0. The second kappa shape index (κ2) is 6.77. The average molecular weight is 368 g/mol. The van der Waals surface area contributed by atoms with Gasteiger partial charge in [0, 0.05) is 5.69 Å². The van der Waals surface area contributed by atoms with Crippen molar-refractivity contribution in [1.82, 2.24) is 4.72 Å². The van der Waals surface area contributed by atoms with Crippen LogP contribution in [0.15, 0.2) is 29.2 Å². The maximum atomic E-state index is 12.1. The van der Waals surface area contributed by atoms with Crippen molar-refractivity contribution in [3.8, 4) is 0 Å². The molecule has 0 aliphatic rings. The zero-order valence-corrected chi connectivity index (χ0v) is 13.5. The number of carboxylic acids is 1. The van der Waals surface area contributed by atoms with Crippen LogP contribution in [-0.2, 0) is 19.6 Å². The number of hydrogen-bond acceptors (Lipinski definition) is 4. The summed E-state index contributed by atoms with van der Waals surface area (Å²) in [5.41, 5.74) is -1.61. The summed E-state index contributed by atoms with van der Waals surface area (Å²) in [7, 11) is -4.36. The molecule has 0 aliphatic carbocycles. The maximum Gasteiger partial charge on any atom is 0.402 e. The van der Waals surface area contributed by atoms with E-state index >= 15 is 0 Å². The van der Waals surface area contributed by atoms with Crippen LogP contribution in [0, 0.1) is 5.41 Å². The van der Waals surface area contributed by atoms with Gasteiger partial charge in [-0.2, -0.15) is 13.2 Å². The highest BCUT2D eigenvalue weighted by atomic mass is 32.2. The van der Waals surface area contributed by atoms with Crippen molar-refractivity contribution in [2.75, 3.05) is 11.9 Å². The minimum absolute atomic E-state index is 0.101. The molecule has 1 rings (SSSR count). The smallest absolute Gasteiger partial charge is 0.402 e. The van der Waals surface area contributed by atoms with Gasteiger partial charge in [0.05, 0.1) is 4.90 Å². The van der Waals surface area contributed by atoms with Gasteiger partial charge in [0.15, 0.2) is 0 Å². The lowest BCUT2D eigenvalue weighted by atomic mass is 9.92. The summed E-state index contributed by atoms with van der Waals surface area (Å²) in [6.07, 6.45) is -4.69. The summed E-state index contributed by atoms with van der Waals surface area (Å²) < 4.78 is 61.0. The first-order chi connectivity index (χ1) is 10.8. The van der Waals surface area contributed by atoms with E-state index in [-0.39, 0.29) is 5.69 Å². The van der Waals surface area contributed by atoms with Crippen LogP contribution >= 0.6 is 0 Å². The molecule has 0 atom stereocenters. The Morgan fingerprint density at radius 1 is 1.12 bits per heavy atom. The van der Waals surface area contributed by atoms with Gasteiger partial charge in [-0.1, -0.05) is 0 Å². The van der Waals surface area contributed by atoms with E-state index < -0.39 is 44.9 Å². The Morgan fingerprint density at radius 2 is 1.62 bits per heavy atom. The topological polar surface area (TPSA) is 113 Å². The van der Waals surface area contributed by atoms with E-state index in [9.17, 15) is 31.2 Å². The van der Waals surface area contributed by atoms with Gasteiger partial charge in [0.25, 0.3) is 0 Å². The molecule has 0 aliphatic heterocycles. The number of amides is 1. The van der Waals surface area contributed by atoms with Gasteiger partial charge in [0.2, 0.25) is 15.9 Å². The standard InChI is InChI=1S/C13H15F3N2O5S/c1-12(2,11(20)21)10(19)18-8-3-5-9(6-4-8)24(22,23)17-7-13(14,15)16/h3-6,17H,7H2,1-2H3,(H,18,19)(H,20,21). The van der Waals surface area contributed by atoms with E-state index in [1.807, 2.05) is 0 Å². The fraction of sp³-hybridized carbons (Fsp3) is 0.385. The molecule has 24 heavy (non-hydrogen) atoms. The normalized spacial score (nSPS) is 12.7. The van der Waals surface area contributed by atoms with E-state index in [1.165, 1.54) is 18.6 Å². The van der Waals surface area contributed by atoms with Crippen LogP contribution in [0.5, 0.6) is 0 Å². The maximum absolute atomic E-state index is 12.1. The van der Waals surface area contributed by atoms with Gasteiger partial charge in [-0.25, -0.2) is 13.1 Å². The number of carbonyl (C=O) groups is 2. The second-order valence-corrected chi connectivity index (χ2v) is 7.12. The number of carbonyl (C=O) groups excluding carboxylic acids is 1. The van der Waals surface area contributed by atoms with Crippen molar-refractivity contribution in [2.24, 2.45) is 5.41 Å². The summed E-state index contributed by atoms with van der Waals surface area (Å²) in [6, 6.07) is 4.25. The molecule has 0 unspecified atom stereocenters. The summed E-state index contributed by atoms with van der Waals surface area (Å²) in [5.74, 6) is -2.18. The molecule has 0 radical (unpaired) electrons. The molecule has 3 N–H and O–H groups in total. The molecule has 0 heterocycles. The van der Waals surface area contributed by atoms with E-state index in [1.54, 1.807) is 0 Å². The quantitative estimate of drug-likeness (QED) is 0.660. The summed E-state index contributed by atoms with van der Waals surface area (Å²) in [4.78, 5) is 22.3. The average Bonchev–Trinajstić information content (AvgIpc) is 2.45. The zero-order valence-electron chi connectivity index (χ0n) is 12.6. The molecular formula is C13H15F3N2O5S. The first kappa shape index (κ1) is 19.9. The minimum atomic E-state index is -4.69. The molecule has 1 aromatic rings. The van der Waals surface area contributed by atoms with Crippen LogP contribution in [-0.4, -0.2) is 38.1 Å². The number of rotatable bonds is 6. The van der Waals surface area contributed by atoms with Crippen LogP contribution < -0.4 is 10.0 Å². The lowest BCUT2D eigenvalue weighted by molar-refractivity contribution is -0.151. The lowest BCUT2D eigenvalue weighted by Crippen LogP contribution is -2.37. The predicted molar refractivity (Wildman–Crippen MR) is 77.7 cm³/mol. The Bertz CT molecular complexity index is 727. The first-order valence-electron chi connectivity index (χ1n) is 6.47. The SMILES string of the molecule is CC(C)(C(=O)O)C(=O)Nc1ccc(S(=O)(=O)NCC(F)(F)F)cc1. The van der Waals surface area contributed by atoms with Crippen molar-refractivity contribution in [2.45, 2.75) is 24.9 Å². The predicted octanol–water partition coefficient (Wildman–Crippen LogP) is 1.58. The van der Waals surface area contributed by atoms with Gasteiger partial charge in [-0.15, -0.1) is 0 Å². The molecular weight excluding hydrogens is 353 g/mol. The number of hydrogen-bond donors (Lipinski definition) is 3. The molecule has 0 spiro atoms. The number of halogens is 3. The number of benzene rings is 1. The molecule has 0 bridgehead atoms. The highest BCUT2D eigenvalue weighted by molar-refractivity contribution is 7.89. The molecule has 1 amide bonds. The number of nitrogens with one attached hydrogen (secondary N) is 2. The zero-order chi connectivity index (χ0) is 18.8. The molecule has 134 valence electrons. The third-order valence-electron chi connectivity index (χ3n) is 2.99. The fourth-order valence-corrected chi connectivity index (χ4v) is 2.38. The molecule has 0 saturated heterocycles. The van der Waals surface area contributed by atoms with Crippen molar-refractivity contribution in [3.05, 3.63) is 24.3 Å². The Morgan fingerprint density at radius 3 is 2.04 bits per heavy atom. The Labute approximate surface area is 135 Å². The van der Waals surface area contributed by atoms with Crippen LogP contribution in [0.4, 0.5) is 18.9 Å². The van der Waals surface area contributed by atoms with E-state index in [0.717, 1.165) is 24.3 Å². The molecule has 7 nitrogen and oxygen atoms in total. The van der Waals surface area contributed by atoms with Crippen LogP contribution in [0.1, 0.15) is 13.8 Å². The van der Waals surface area contributed by atoms with Gasteiger partial charge in [-0.05, 0) is 38.1 Å². The molecule has 11 heteroatoms. The Kier molecular flexibility index (Phi) is 5.62. The Hall–Kier alpha value is -2.14. The van der Waals surface area contributed by atoms with E-state index in [0.29, 0.717) is 0 Å². The summed E-state index contributed by atoms with van der Waals surface area (Å²) in [6.45, 7) is 0.662. The first-order valence-corrected chi connectivity index (χ1v) is 7.95. The van der Waals surface area contributed by atoms with Gasteiger partial charge >= 0.3 is 12.1 Å². The molecule has 0 aromatic heterocycles. The van der Waals surface area contributed by atoms with E-state index in [4.69, 9.17) is 5.11 Å².